The van der Waals surface area contributed by atoms with Gasteiger partial charge in [0.1, 0.15) is 5.82 Å². The molecule has 0 saturated heterocycles. The van der Waals surface area contributed by atoms with Gasteiger partial charge in [0.2, 0.25) is 0 Å². The van der Waals surface area contributed by atoms with Gasteiger partial charge in [-0.1, -0.05) is 12.1 Å². The molecule has 3 nitrogen and oxygen atoms in total. The lowest BCUT2D eigenvalue weighted by molar-refractivity contribution is 0.508. The third-order valence-electron chi connectivity index (χ3n) is 3.45. The molecule has 20 heavy (non-hydrogen) atoms. The highest BCUT2D eigenvalue weighted by Gasteiger charge is 2.11. The lowest BCUT2D eigenvalue weighted by Gasteiger charge is -2.15. The number of hydrogen-bond donors (Lipinski definition) is 1. The molecule has 0 bridgehead atoms. The number of rotatable bonds is 6. The molecule has 0 spiro atoms. The fourth-order valence-corrected chi connectivity index (χ4v) is 2.21. The Bertz CT molecular complexity index is 531. The fraction of sp³-hybridized carbons (Fsp3) is 0.438. The molecule has 0 amide bonds. The van der Waals surface area contributed by atoms with Crippen LogP contribution in [0.25, 0.3) is 0 Å². The third kappa shape index (κ3) is 3.90. The van der Waals surface area contributed by atoms with E-state index in [9.17, 15) is 4.39 Å². The Morgan fingerprint density at radius 2 is 1.85 bits per heavy atom. The number of aromatic nitrogens is 2. The molecule has 1 atom stereocenters. The van der Waals surface area contributed by atoms with Crippen molar-refractivity contribution < 1.29 is 4.39 Å². The molecule has 1 heterocycles. The van der Waals surface area contributed by atoms with Crippen molar-refractivity contribution in [3.63, 3.8) is 0 Å². The number of halogens is 1. The molecule has 0 radical (unpaired) electrons. The van der Waals surface area contributed by atoms with Gasteiger partial charge >= 0.3 is 0 Å². The summed E-state index contributed by atoms with van der Waals surface area (Å²) in [6, 6.07) is 9.45. The zero-order chi connectivity index (χ0) is 14.5. The van der Waals surface area contributed by atoms with E-state index >= 15 is 0 Å². The SMILES string of the molecule is CNC(Cc1ccc(F)cc1)Cc1ccn(C(C)C)n1. The molecular weight excluding hydrogens is 253 g/mol. The van der Waals surface area contributed by atoms with Gasteiger partial charge in [-0.15, -0.1) is 0 Å². The minimum atomic E-state index is -0.189. The normalized spacial score (nSPS) is 12.8. The van der Waals surface area contributed by atoms with Crippen LogP contribution in [0.4, 0.5) is 4.39 Å². The van der Waals surface area contributed by atoms with E-state index in [2.05, 4.69) is 30.3 Å². The van der Waals surface area contributed by atoms with Crippen molar-refractivity contribution in [2.24, 2.45) is 0 Å². The summed E-state index contributed by atoms with van der Waals surface area (Å²) in [5.74, 6) is -0.189. The van der Waals surface area contributed by atoms with Gasteiger partial charge in [0, 0.05) is 24.7 Å². The van der Waals surface area contributed by atoms with Crippen LogP contribution in [0.1, 0.15) is 31.1 Å². The number of nitrogens with zero attached hydrogens (tertiary/aromatic N) is 2. The third-order valence-corrected chi connectivity index (χ3v) is 3.45. The molecule has 0 aliphatic carbocycles. The highest BCUT2D eigenvalue weighted by Crippen LogP contribution is 2.10. The lowest BCUT2D eigenvalue weighted by Crippen LogP contribution is -2.30. The Balaban J connectivity index is 1.99. The fourth-order valence-electron chi connectivity index (χ4n) is 2.21. The average Bonchev–Trinajstić information content (AvgIpc) is 2.89. The largest absolute Gasteiger partial charge is 0.316 e. The van der Waals surface area contributed by atoms with E-state index in [-0.39, 0.29) is 5.82 Å². The topological polar surface area (TPSA) is 29.9 Å². The van der Waals surface area contributed by atoms with Crippen molar-refractivity contribution >= 4 is 0 Å². The van der Waals surface area contributed by atoms with Crippen molar-refractivity contribution in [2.75, 3.05) is 7.05 Å². The van der Waals surface area contributed by atoms with E-state index in [0.29, 0.717) is 12.1 Å². The first-order valence-electron chi connectivity index (χ1n) is 7.04. The van der Waals surface area contributed by atoms with Crippen LogP contribution in [0.15, 0.2) is 36.5 Å². The predicted molar refractivity (Wildman–Crippen MR) is 79.3 cm³/mol. The van der Waals surface area contributed by atoms with Gasteiger partial charge in [-0.25, -0.2) is 4.39 Å². The lowest BCUT2D eigenvalue weighted by atomic mass is 10.0. The van der Waals surface area contributed by atoms with Crippen LogP contribution in [0.5, 0.6) is 0 Å². The molecule has 4 heteroatoms. The van der Waals surface area contributed by atoms with Crippen molar-refractivity contribution in [1.29, 1.82) is 0 Å². The van der Waals surface area contributed by atoms with Crippen LogP contribution < -0.4 is 5.32 Å². The Morgan fingerprint density at radius 3 is 2.40 bits per heavy atom. The number of likely N-dealkylation sites (N-methyl/N-ethyl adjacent to an activating group) is 1. The average molecular weight is 275 g/mol. The van der Waals surface area contributed by atoms with Crippen LogP contribution in [0.3, 0.4) is 0 Å². The first kappa shape index (κ1) is 14.7. The Kier molecular flexibility index (Phi) is 4.90. The van der Waals surface area contributed by atoms with E-state index in [4.69, 9.17) is 0 Å². The second-order valence-electron chi connectivity index (χ2n) is 5.40. The molecule has 1 aromatic carbocycles. The van der Waals surface area contributed by atoms with Crippen LogP contribution in [0.2, 0.25) is 0 Å². The number of hydrogen-bond acceptors (Lipinski definition) is 2. The van der Waals surface area contributed by atoms with Gasteiger partial charge in [-0.3, -0.25) is 4.68 Å². The second-order valence-corrected chi connectivity index (χ2v) is 5.40. The van der Waals surface area contributed by atoms with Gasteiger partial charge in [0.25, 0.3) is 0 Å². The van der Waals surface area contributed by atoms with Gasteiger partial charge < -0.3 is 5.32 Å². The molecule has 108 valence electrons. The minimum Gasteiger partial charge on any atom is -0.316 e. The number of nitrogens with one attached hydrogen (secondary N) is 1. The maximum Gasteiger partial charge on any atom is 0.123 e. The van der Waals surface area contributed by atoms with Gasteiger partial charge in [0.15, 0.2) is 0 Å². The first-order chi connectivity index (χ1) is 9.58. The molecule has 0 aliphatic heterocycles. The Hall–Kier alpha value is -1.68. The van der Waals surface area contributed by atoms with Crippen molar-refractivity contribution in [3.05, 3.63) is 53.6 Å². The van der Waals surface area contributed by atoms with Crippen LogP contribution >= 0.6 is 0 Å². The maximum absolute atomic E-state index is 12.9. The summed E-state index contributed by atoms with van der Waals surface area (Å²) >= 11 is 0. The summed E-state index contributed by atoms with van der Waals surface area (Å²) < 4.78 is 14.9. The van der Waals surface area contributed by atoms with Crippen LogP contribution in [-0.2, 0) is 12.8 Å². The first-order valence-corrected chi connectivity index (χ1v) is 7.04. The van der Waals surface area contributed by atoms with E-state index in [0.717, 1.165) is 24.1 Å². The quantitative estimate of drug-likeness (QED) is 0.878. The molecule has 0 fully saturated rings. The molecule has 2 rings (SSSR count). The predicted octanol–water partition coefficient (Wildman–Crippen LogP) is 2.98. The standard InChI is InChI=1S/C16H22FN3/c1-12(2)20-9-8-15(19-20)11-16(18-3)10-13-4-6-14(17)7-5-13/h4-9,12,16,18H,10-11H2,1-3H3. The van der Waals surface area contributed by atoms with E-state index in [1.165, 1.54) is 12.1 Å². The molecule has 1 unspecified atom stereocenters. The van der Waals surface area contributed by atoms with E-state index in [1.54, 1.807) is 0 Å². The summed E-state index contributed by atoms with van der Waals surface area (Å²) in [5, 5.41) is 7.88. The van der Waals surface area contributed by atoms with E-state index < -0.39 is 0 Å². The molecular formula is C16H22FN3. The Labute approximate surface area is 119 Å². The summed E-state index contributed by atoms with van der Waals surface area (Å²) in [7, 11) is 1.95. The summed E-state index contributed by atoms with van der Waals surface area (Å²) in [5.41, 5.74) is 2.22. The molecule has 0 saturated carbocycles. The zero-order valence-electron chi connectivity index (χ0n) is 12.3. The number of benzene rings is 1. The summed E-state index contributed by atoms with van der Waals surface area (Å²) in [6.45, 7) is 4.23. The Morgan fingerprint density at radius 1 is 1.15 bits per heavy atom. The second kappa shape index (κ2) is 6.66. The zero-order valence-corrected chi connectivity index (χ0v) is 12.3. The minimum absolute atomic E-state index is 0.189. The molecule has 1 N–H and O–H groups in total. The highest BCUT2D eigenvalue weighted by molar-refractivity contribution is 5.18. The van der Waals surface area contributed by atoms with Crippen molar-refractivity contribution in [2.45, 2.75) is 38.8 Å². The smallest absolute Gasteiger partial charge is 0.123 e. The maximum atomic E-state index is 12.9. The summed E-state index contributed by atoms with van der Waals surface area (Å²) in [4.78, 5) is 0. The van der Waals surface area contributed by atoms with Crippen LogP contribution in [-0.4, -0.2) is 22.9 Å². The highest BCUT2D eigenvalue weighted by atomic mass is 19.1. The van der Waals surface area contributed by atoms with Gasteiger partial charge in [-0.05, 0) is 51.1 Å². The summed E-state index contributed by atoms with van der Waals surface area (Å²) in [6.07, 6.45) is 3.75. The monoisotopic (exact) mass is 275 g/mol. The molecule has 1 aromatic heterocycles. The van der Waals surface area contributed by atoms with E-state index in [1.807, 2.05) is 30.1 Å². The van der Waals surface area contributed by atoms with Crippen LogP contribution in [0, 0.1) is 5.82 Å². The molecule has 2 aromatic rings. The van der Waals surface area contributed by atoms with Gasteiger partial charge in [0.05, 0.1) is 5.69 Å². The van der Waals surface area contributed by atoms with Crippen molar-refractivity contribution in [1.82, 2.24) is 15.1 Å². The van der Waals surface area contributed by atoms with Gasteiger partial charge in [-0.2, -0.15) is 5.10 Å². The van der Waals surface area contributed by atoms with Crippen molar-refractivity contribution in [3.8, 4) is 0 Å². The molecule has 0 aliphatic rings.